The maximum atomic E-state index is 6.08. The van der Waals surface area contributed by atoms with Gasteiger partial charge in [-0.2, -0.15) is 0 Å². The first kappa shape index (κ1) is 16.3. The Bertz CT molecular complexity index is 282. The summed E-state index contributed by atoms with van der Waals surface area (Å²) < 4.78 is 0. The number of nitrogens with zero attached hydrogens (tertiary/aromatic N) is 1. The molecule has 1 heterocycles. The first-order chi connectivity index (χ1) is 9.52. The highest BCUT2D eigenvalue weighted by molar-refractivity contribution is 4.86. The Morgan fingerprint density at radius 2 is 1.65 bits per heavy atom. The summed E-state index contributed by atoms with van der Waals surface area (Å²) in [5, 5.41) is 0. The largest absolute Gasteiger partial charge is 0.330 e. The van der Waals surface area contributed by atoms with Gasteiger partial charge in [0.2, 0.25) is 0 Å². The van der Waals surface area contributed by atoms with Gasteiger partial charge in [0, 0.05) is 6.04 Å². The van der Waals surface area contributed by atoms with Crippen molar-refractivity contribution in [3.05, 3.63) is 0 Å². The average Bonchev–Trinajstić information content (AvgIpc) is 2.77. The lowest BCUT2D eigenvalue weighted by molar-refractivity contribution is 0.133. The van der Waals surface area contributed by atoms with E-state index >= 15 is 0 Å². The van der Waals surface area contributed by atoms with Gasteiger partial charge < -0.3 is 10.6 Å². The number of likely N-dealkylation sites (tertiary alicyclic amines) is 1. The van der Waals surface area contributed by atoms with Crippen LogP contribution in [0, 0.1) is 17.3 Å². The molecule has 1 saturated heterocycles. The van der Waals surface area contributed by atoms with Crippen LogP contribution in [0.5, 0.6) is 0 Å². The third kappa shape index (κ3) is 4.21. The van der Waals surface area contributed by atoms with Gasteiger partial charge in [-0.1, -0.05) is 40.0 Å². The monoisotopic (exact) mass is 280 g/mol. The zero-order valence-corrected chi connectivity index (χ0v) is 14.0. The fourth-order valence-electron chi connectivity index (χ4n) is 4.44. The van der Waals surface area contributed by atoms with E-state index in [9.17, 15) is 0 Å². The molecule has 2 rings (SSSR count). The second-order valence-corrected chi connectivity index (χ2v) is 8.23. The molecule has 0 spiro atoms. The molecule has 2 fully saturated rings. The van der Waals surface area contributed by atoms with Crippen LogP contribution in [0.25, 0.3) is 0 Å². The van der Waals surface area contributed by atoms with Crippen molar-refractivity contribution in [2.24, 2.45) is 23.0 Å². The van der Waals surface area contributed by atoms with Gasteiger partial charge in [0.1, 0.15) is 0 Å². The molecule has 1 saturated carbocycles. The van der Waals surface area contributed by atoms with Crippen LogP contribution in [-0.4, -0.2) is 30.6 Å². The number of nitrogens with two attached hydrogens (primary N) is 1. The number of rotatable bonds is 2. The van der Waals surface area contributed by atoms with Gasteiger partial charge in [0.05, 0.1) is 0 Å². The van der Waals surface area contributed by atoms with Crippen molar-refractivity contribution < 1.29 is 0 Å². The van der Waals surface area contributed by atoms with E-state index < -0.39 is 0 Å². The van der Waals surface area contributed by atoms with E-state index in [4.69, 9.17) is 5.73 Å². The molecule has 0 aromatic carbocycles. The smallest absolute Gasteiger partial charge is 0.0135 e. The molecule has 2 nitrogen and oxygen atoms in total. The maximum Gasteiger partial charge on any atom is 0.0135 e. The summed E-state index contributed by atoms with van der Waals surface area (Å²) in [4.78, 5) is 2.81. The molecule has 1 aliphatic carbocycles. The standard InChI is InChI=1S/C18H36N2/c1-18(2,3)16-9-7-12-20(13-11-16)17-10-6-4-5-8-15(17)14-19/h15-17H,4-14,19H2,1-3H3. The summed E-state index contributed by atoms with van der Waals surface area (Å²) in [5.41, 5.74) is 6.56. The maximum absolute atomic E-state index is 6.08. The quantitative estimate of drug-likeness (QED) is 0.773. The SMILES string of the molecule is CC(C)(C)C1CCCN(C2CCCCCC2CN)CC1. The van der Waals surface area contributed by atoms with Gasteiger partial charge in [-0.05, 0) is 69.0 Å². The lowest BCUT2D eigenvalue weighted by atomic mass is 9.77. The van der Waals surface area contributed by atoms with Gasteiger partial charge >= 0.3 is 0 Å². The molecular formula is C18H36N2. The molecule has 0 amide bonds. The van der Waals surface area contributed by atoms with E-state index in [1.54, 1.807) is 0 Å². The molecule has 118 valence electrons. The fraction of sp³-hybridized carbons (Fsp3) is 1.00. The highest BCUT2D eigenvalue weighted by Crippen LogP contribution is 2.36. The van der Waals surface area contributed by atoms with Gasteiger partial charge in [-0.3, -0.25) is 0 Å². The van der Waals surface area contributed by atoms with Crippen molar-refractivity contribution in [3.8, 4) is 0 Å². The molecule has 0 aromatic heterocycles. The molecule has 20 heavy (non-hydrogen) atoms. The topological polar surface area (TPSA) is 29.3 Å². The van der Waals surface area contributed by atoms with Gasteiger partial charge in [0.15, 0.2) is 0 Å². The Morgan fingerprint density at radius 3 is 2.35 bits per heavy atom. The first-order valence-corrected chi connectivity index (χ1v) is 8.96. The third-order valence-electron chi connectivity index (χ3n) is 5.88. The van der Waals surface area contributed by atoms with Crippen molar-refractivity contribution in [1.82, 2.24) is 4.90 Å². The third-order valence-corrected chi connectivity index (χ3v) is 5.88. The fourth-order valence-corrected chi connectivity index (χ4v) is 4.44. The molecule has 0 radical (unpaired) electrons. The van der Waals surface area contributed by atoms with E-state index in [1.807, 2.05) is 0 Å². The Kier molecular flexibility index (Phi) is 5.92. The van der Waals surface area contributed by atoms with Gasteiger partial charge in [0.25, 0.3) is 0 Å². The second kappa shape index (κ2) is 7.26. The minimum Gasteiger partial charge on any atom is -0.330 e. The molecule has 3 unspecified atom stereocenters. The van der Waals surface area contributed by atoms with E-state index in [0.717, 1.165) is 24.4 Å². The second-order valence-electron chi connectivity index (χ2n) is 8.23. The molecule has 2 heteroatoms. The summed E-state index contributed by atoms with van der Waals surface area (Å²) in [7, 11) is 0. The van der Waals surface area contributed by atoms with Gasteiger partial charge in [-0.25, -0.2) is 0 Å². The minimum absolute atomic E-state index is 0.479. The molecule has 0 bridgehead atoms. The van der Waals surface area contributed by atoms with Crippen molar-refractivity contribution in [3.63, 3.8) is 0 Å². The van der Waals surface area contributed by atoms with Crippen LogP contribution in [0.2, 0.25) is 0 Å². The average molecular weight is 280 g/mol. The summed E-state index contributed by atoms with van der Waals surface area (Å²) in [6.45, 7) is 10.8. The van der Waals surface area contributed by atoms with Crippen molar-refractivity contribution in [2.45, 2.75) is 78.2 Å². The molecule has 2 aliphatic rings. The van der Waals surface area contributed by atoms with Crippen LogP contribution in [0.15, 0.2) is 0 Å². The highest BCUT2D eigenvalue weighted by Gasteiger charge is 2.32. The predicted octanol–water partition coefficient (Wildman–Crippen LogP) is 4.04. The minimum atomic E-state index is 0.479. The lowest BCUT2D eigenvalue weighted by Gasteiger charge is -2.36. The van der Waals surface area contributed by atoms with E-state index in [-0.39, 0.29) is 0 Å². The summed E-state index contributed by atoms with van der Waals surface area (Å²) >= 11 is 0. The Hall–Kier alpha value is -0.0800. The predicted molar refractivity (Wildman–Crippen MR) is 87.8 cm³/mol. The van der Waals surface area contributed by atoms with E-state index in [0.29, 0.717) is 5.41 Å². The van der Waals surface area contributed by atoms with Crippen molar-refractivity contribution in [1.29, 1.82) is 0 Å². The van der Waals surface area contributed by atoms with E-state index in [1.165, 1.54) is 64.5 Å². The Balaban J connectivity index is 1.97. The number of hydrogen-bond acceptors (Lipinski definition) is 2. The van der Waals surface area contributed by atoms with Gasteiger partial charge in [-0.15, -0.1) is 0 Å². The van der Waals surface area contributed by atoms with E-state index in [2.05, 4.69) is 25.7 Å². The molecule has 2 N–H and O–H groups in total. The Morgan fingerprint density at radius 1 is 0.900 bits per heavy atom. The van der Waals surface area contributed by atoms with Crippen LogP contribution < -0.4 is 5.73 Å². The van der Waals surface area contributed by atoms with Crippen LogP contribution >= 0.6 is 0 Å². The molecule has 3 atom stereocenters. The summed E-state index contributed by atoms with van der Waals surface area (Å²) in [6, 6.07) is 0.779. The molecular weight excluding hydrogens is 244 g/mol. The van der Waals surface area contributed by atoms with Crippen LogP contribution in [-0.2, 0) is 0 Å². The van der Waals surface area contributed by atoms with Crippen LogP contribution in [0.3, 0.4) is 0 Å². The van der Waals surface area contributed by atoms with Crippen molar-refractivity contribution >= 4 is 0 Å². The highest BCUT2D eigenvalue weighted by atomic mass is 15.2. The van der Waals surface area contributed by atoms with Crippen LogP contribution in [0.1, 0.15) is 72.1 Å². The zero-order chi connectivity index (χ0) is 14.6. The Labute approximate surface area is 126 Å². The van der Waals surface area contributed by atoms with Crippen molar-refractivity contribution in [2.75, 3.05) is 19.6 Å². The summed E-state index contributed by atoms with van der Waals surface area (Å²) in [6.07, 6.45) is 11.2. The zero-order valence-electron chi connectivity index (χ0n) is 14.0. The lowest BCUT2D eigenvalue weighted by Crippen LogP contribution is -2.43. The first-order valence-electron chi connectivity index (χ1n) is 8.96. The molecule has 1 aliphatic heterocycles. The normalized spacial score (nSPS) is 34.5. The number of hydrogen-bond donors (Lipinski definition) is 1. The summed E-state index contributed by atoms with van der Waals surface area (Å²) in [5.74, 6) is 1.65. The van der Waals surface area contributed by atoms with Crippen LogP contribution in [0.4, 0.5) is 0 Å². The molecule has 0 aromatic rings.